The van der Waals surface area contributed by atoms with Gasteiger partial charge in [0.1, 0.15) is 0 Å². The van der Waals surface area contributed by atoms with Crippen molar-refractivity contribution < 1.29 is 0 Å². The largest absolute Gasteiger partial charge is 0.338 e. The van der Waals surface area contributed by atoms with Crippen LogP contribution in [0.5, 0.6) is 0 Å². The molecule has 0 atom stereocenters. The van der Waals surface area contributed by atoms with E-state index >= 15 is 0 Å². The number of nitrogens with zero attached hydrogens (tertiary/aromatic N) is 4. The zero-order valence-electron chi connectivity index (χ0n) is 13.2. The number of nitrogens with two attached hydrogens (primary N) is 1. The highest BCUT2D eigenvalue weighted by atomic mass is 15.3. The standard InChI is InChI=1S/C16H27N5/c1-13(2)14-10-16(11-14,12-17)21-8-6-20(7-9-21)15-18-4-3-5-19-15/h3-5,13-14H,6-12,17H2,1-2H3. The summed E-state index contributed by atoms with van der Waals surface area (Å²) in [4.78, 5) is 13.6. The molecule has 5 nitrogen and oxygen atoms in total. The smallest absolute Gasteiger partial charge is 0.225 e. The first-order valence-corrected chi connectivity index (χ1v) is 8.12. The van der Waals surface area contributed by atoms with Crippen LogP contribution < -0.4 is 10.6 Å². The summed E-state index contributed by atoms with van der Waals surface area (Å²) in [6, 6.07) is 1.86. The van der Waals surface area contributed by atoms with E-state index in [0.717, 1.165) is 50.5 Å². The lowest BCUT2D eigenvalue weighted by atomic mass is 9.63. The van der Waals surface area contributed by atoms with Crippen molar-refractivity contribution in [2.75, 3.05) is 37.6 Å². The highest BCUT2D eigenvalue weighted by molar-refractivity contribution is 5.29. The predicted molar refractivity (Wildman–Crippen MR) is 85.2 cm³/mol. The number of aromatic nitrogens is 2. The van der Waals surface area contributed by atoms with Crippen LogP contribution in [0.3, 0.4) is 0 Å². The minimum atomic E-state index is 0.262. The van der Waals surface area contributed by atoms with Crippen molar-refractivity contribution in [1.82, 2.24) is 14.9 Å². The first-order valence-electron chi connectivity index (χ1n) is 8.12. The molecule has 1 saturated heterocycles. The van der Waals surface area contributed by atoms with E-state index in [1.807, 2.05) is 18.5 Å². The Morgan fingerprint density at radius 3 is 2.33 bits per heavy atom. The van der Waals surface area contributed by atoms with E-state index in [1.54, 1.807) is 0 Å². The van der Waals surface area contributed by atoms with E-state index in [4.69, 9.17) is 5.73 Å². The molecule has 5 heteroatoms. The van der Waals surface area contributed by atoms with Gasteiger partial charge >= 0.3 is 0 Å². The fourth-order valence-corrected chi connectivity index (χ4v) is 3.78. The van der Waals surface area contributed by atoms with Gasteiger partial charge in [-0.25, -0.2) is 9.97 Å². The van der Waals surface area contributed by atoms with Gasteiger partial charge in [0, 0.05) is 50.7 Å². The van der Waals surface area contributed by atoms with Gasteiger partial charge < -0.3 is 10.6 Å². The van der Waals surface area contributed by atoms with E-state index in [9.17, 15) is 0 Å². The van der Waals surface area contributed by atoms with Gasteiger partial charge in [0.15, 0.2) is 0 Å². The molecule has 0 unspecified atom stereocenters. The van der Waals surface area contributed by atoms with Crippen molar-refractivity contribution >= 4 is 5.95 Å². The van der Waals surface area contributed by atoms with Crippen molar-refractivity contribution in [3.8, 4) is 0 Å². The van der Waals surface area contributed by atoms with Crippen LogP contribution in [0.4, 0.5) is 5.95 Å². The maximum absolute atomic E-state index is 6.13. The maximum atomic E-state index is 6.13. The number of anilines is 1. The summed E-state index contributed by atoms with van der Waals surface area (Å²) in [5.74, 6) is 2.49. The average molecular weight is 289 g/mol. The van der Waals surface area contributed by atoms with Gasteiger partial charge in [-0.2, -0.15) is 0 Å². The quantitative estimate of drug-likeness (QED) is 0.907. The Kier molecular flexibility index (Phi) is 4.13. The van der Waals surface area contributed by atoms with Crippen molar-refractivity contribution in [2.24, 2.45) is 17.6 Å². The third-order valence-electron chi connectivity index (χ3n) is 5.39. The molecule has 0 spiro atoms. The molecule has 1 aliphatic heterocycles. The third-order valence-corrected chi connectivity index (χ3v) is 5.39. The normalized spacial score (nSPS) is 30.5. The van der Waals surface area contributed by atoms with E-state index < -0.39 is 0 Å². The molecule has 2 heterocycles. The first-order chi connectivity index (χ1) is 10.1. The van der Waals surface area contributed by atoms with Crippen molar-refractivity contribution in [1.29, 1.82) is 0 Å². The molecular weight excluding hydrogens is 262 g/mol. The molecule has 116 valence electrons. The Morgan fingerprint density at radius 1 is 1.19 bits per heavy atom. The van der Waals surface area contributed by atoms with Crippen LogP contribution in [-0.2, 0) is 0 Å². The fourth-order valence-electron chi connectivity index (χ4n) is 3.78. The molecule has 0 bridgehead atoms. The zero-order chi connectivity index (χ0) is 14.9. The van der Waals surface area contributed by atoms with Crippen LogP contribution in [0.15, 0.2) is 18.5 Å². The Hall–Kier alpha value is -1.20. The highest BCUT2D eigenvalue weighted by Crippen LogP contribution is 2.45. The number of hydrogen-bond donors (Lipinski definition) is 1. The summed E-state index contributed by atoms with van der Waals surface area (Å²) in [5, 5.41) is 0. The van der Waals surface area contributed by atoms with Gasteiger partial charge in [0.05, 0.1) is 0 Å². The van der Waals surface area contributed by atoms with Gasteiger partial charge in [-0.1, -0.05) is 13.8 Å². The highest BCUT2D eigenvalue weighted by Gasteiger charge is 2.48. The van der Waals surface area contributed by atoms with Crippen molar-refractivity contribution in [2.45, 2.75) is 32.2 Å². The number of rotatable bonds is 4. The molecule has 0 amide bonds. The molecule has 2 fully saturated rings. The molecular formula is C16H27N5. The first kappa shape index (κ1) is 14.7. The molecule has 1 aromatic heterocycles. The molecule has 2 N–H and O–H groups in total. The molecule has 0 radical (unpaired) electrons. The monoisotopic (exact) mass is 289 g/mol. The lowest BCUT2D eigenvalue weighted by Crippen LogP contribution is -2.66. The lowest BCUT2D eigenvalue weighted by molar-refractivity contribution is -0.0378. The minimum absolute atomic E-state index is 0.262. The number of piperazine rings is 1. The van der Waals surface area contributed by atoms with E-state index in [2.05, 4.69) is 33.6 Å². The summed E-state index contributed by atoms with van der Waals surface area (Å²) in [7, 11) is 0. The molecule has 0 aromatic carbocycles. The van der Waals surface area contributed by atoms with Gasteiger partial charge in [0.2, 0.25) is 5.95 Å². The number of hydrogen-bond acceptors (Lipinski definition) is 5. The van der Waals surface area contributed by atoms with Gasteiger partial charge in [-0.15, -0.1) is 0 Å². The van der Waals surface area contributed by atoms with E-state index in [-0.39, 0.29) is 5.54 Å². The maximum Gasteiger partial charge on any atom is 0.225 e. The Morgan fingerprint density at radius 2 is 1.81 bits per heavy atom. The van der Waals surface area contributed by atoms with E-state index in [1.165, 1.54) is 12.8 Å². The van der Waals surface area contributed by atoms with Gasteiger partial charge in [0.25, 0.3) is 0 Å². The molecule has 1 saturated carbocycles. The van der Waals surface area contributed by atoms with Crippen LogP contribution in [0, 0.1) is 11.8 Å². The summed E-state index contributed by atoms with van der Waals surface area (Å²) in [6.07, 6.45) is 6.16. The van der Waals surface area contributed by atoms with Crippen LogP contribution in [0.2, 0.25) is 0 Å². The van der Waals surface area contributed by atoms with Crippen molar-refractivity contribution in [3.05, 3.63) is 18.5 Å². The van der Waals surface area contributed by atoms with Crippen LogP contribution in [-0.4, -0.2) is 53.1 Å². The SMILES string of the molecule is CC(C)C1CC(CN)(N2CCN(c3ncccn3)CC2)C1. The molecule has 3 rings (SSSR count). The third kappa shape index (κ3) is 2.77. The Labute approximate surface area is 127 Å². The molecule has 1 aromatic rings. The van der Waals surface area contributed by atoms with E-state index in [0.29, 0.717) is 0 Å². The van der Waals surface area contributed by atoms with Crippen LogP contribution in [0.25, 0.3) is 0 Å². The zero-order valence-corrected chi connectivity index (χ0v) is 13.2. The minimum Gasteiger partial charge on any atom is -0.338 e. The van der Waals surface area contributed by atoms with Crippen molar-refractivity contribution in [3.63, 3.8) is 0 Å². The second-order valence-electron chi connectivity index (χ2n) is 6.86. The van der Waals surface area contributed by atoms with Gasteiger partial charge in [-0.05, 0) is 30.7 Å². The topological polar surface area (TPSA) is 58.3 Å². The van der Waals surface area contributed by atoms with Crippen LogP contribution >= 0.6 is 0 Å². The second kappa shape index (κ2) is 5.89. The fraction of sp³-hybridized carbons (Fsp3) is 0.750. The predicted octanol–water partition coefficient (Wildman–Crippen LogP) is 1.36. The summed E-state index contributed by atoms with van der Waals surface area (Å²) in [5.41, 5.74) is 6.39. The average Bonchev–Trinajstić information content (AvgIpc) is 2.48. The summed E-state index contributed by atoms with van der Waals surface area (Å²) in [6.45, 7) is 9.58. The van der Waals surface area contributed by atoms with Crippen LogP contribution in [0.1, 0.15) is 26.7 Å². The molecule has 1 aliphatic carbocycles. The second-order valence-corrected chi connectivity index (χ2v) is 6.86. The molecule has 21 heavy (non-hydrogen) atoms. The summed E-state index contributed by atoms with van der Waals surface area (Å²) < 4.78 is 0. The Balaban J connectivity index is 1.58. The van der Waals surface area contributed by atoms with Gasteiger partial charge in [-0.3, -0.25) is 4.90 Å². The molecule has 2 aliphatic rings. The summed E-state index contributed by atoms with van der Waals surface area (Å²) >= 11 is 0. The Bertz CT molecular complexity index is 447. The lowest BCUT2D eigenvalue weighted by Gasteiger charge is -2.57.